The molecule has 0 fully saturated rings. The number of nitrogens with one attached hydrogen (secondary N) is 2. The number of Topliss-reactive ketones (excluding diaryl/α,β-unsaturated/α-hetero) is 1. The van der Waals surface area contributed by atoms with Gasteiger partial charge in [-0.1, -0.05) is 30.1 Å². The lowest BCUT2D eigenvalue weighted by Crippen LogP contribution is -2.13. The SMILES string of the molecule is CC(CC(=O)c1ncnc(Nc2cccnc2F)c1Cl)c1ncc(C(=O)Nc2cc(C(F)(F)F)c(Cl)cn2)s1. The molecule has 4 heterocycles. The number of nitrogens with zero attached hydrogens (tertiary/aromatic N) is 5. The number of amides is 1. The number of alkyl halides is 3. The van der Waals surface area contributed by atoms with Gasteiger partial charge >= 0.3 is 6.18 Å². The van der Waals surface area contributed by atoms with Crippen LogP contribution in [0.3, 0.4) is 0 Å². The van der Waals surface area contributed by atoms with Crippen molar-refractivity contribution in [2.45, 2.75) is 25.4 Å². The van der Waals surface area contributed by atoms with Gasteiger partial charge in [0, 0.05) is 24.7 Å². The van der Waals surface area contributed by atoms with Gasteiger partial charge in [-0.3, -0.25) is 9.59 Å². The molecule has 16 heteroatoms. The standard InChI is InChI=1S/C23H15Cl2F4N7O2S/c1-10(5-14(37)18-17(25)20(34-9-33-18)35-13-3-2-4-30-19(13)26)22-32-8-15(39-22)21(38)36-16-6-11(23(27,28)29)12(24)7-31-16/h2-4,6-10H,5H2,1H3,(H,31,36,38)(H,33,34,35). The van der Waals surface area contributed by atoms with Crippen LogP contribution < -0.4 is 10.6 Å². The van der Waals surface area contributed by atoms with Crippen molar-refractivity contribution in [2.24, 2.45) is 0 Å². The highest BCUT2D eigenvalue weighted by atomic mass is 35.5. The molecule has 1 unspecified atom stereocenters. The molecule has 4 aromatic heterocycles. The second-order valence-electron chi connectivity index (χ2n) is 7.94. The molecule has 4 rings (SSSR count). The highest BCUT2D eigenvalue weighted by Gasteiger charge is 2.34. The Hall–Kier alpha value is -3.75. The minimum atomic E-state index is -4.72. The Bertz CT molecular complexity index is 1550. The monoisotopic (exact) mass is 599 g/mol. The van der Waals surface area contributed by atoms with Crippen LogP contribution in [0, 0.1) is 5.95 Å². The third-order valence-corrected chi connectivity index (χ3v) is 7.02. The average Bonchev–Trinajstić information content (AvgIpc) is 3.38. The van der Waals surface area contributed by atoms with Crippen molar-refractivity contribution in [3.05, 3.63) is 80.3 Å². The molecular formula is C23H15Cl2F4N7O2S. The predicted molar refractivity (Wildman–Crippen MR) is 136 cm³/mol. The van der Waals surface area contributed by atoms with Gasteiger partial charge in [-0.05, 0) is 18.2 Å². The fourth-order valence-corrected chi connectivity index (χ4v) is 4.57. The first-order valence-corrected chi connectivity index (χ1v) is 12.4. The van der Waals surface area contributed by atoms with Gasteiger partial charge in [-0.25, -0.2) is 24.9 Å². The molecule has 2 N–H and O–H groups in total. The zero-order chi connectivity index (χ0) is 28.3. The summed E-state index contributed by atoms with van der Waals surface area (Å²) in [5.74, 6) is -2.80. The first kappa shape index (κ1) is 28.3. The lowest BCUT2D eigenvalue weighted by molar-refractivity contribution is -0.137. The number of halogens is 6. The van der Waals surface area contributed by atoms with Gasteiger partial charge in [0.25, 0.3) is 5.91 Å². The summed E-state index contributed by atoms with van der Waals surface area (Å²) in [6.07, 6.45) is -0.431. The summed E-state index contributed by atoms with van der Waals surface area (Å²) in [6, 6.07) is 3.54. The number of ketones is 1. The lowest BCUT2D eigenvalue weighted by Gasteiger charge is -2.11. The number of hydrogen-bond donors (Lipinski definition) is 2. The molecule has 0 aliphatic heterocycles. The summed E-state index contributed by atoms with van der Waals surface area (Å²) < 4.78 is 53.1. The Balaban J connectivity index is 1.44. The van der Waals surface area contributed by atoms with E-state index in [9.17, 15) is 27.2 Å². The normalized spacial score (nSPS) is 12.2. The minimum Gasteiger partial charge on any atom is -0.335 e. The number of aromatic nitrogens is 5. The van der Waals surface area contributed by atoms with E-state index in [1.165, 1.54) is 24.5 Å². The van der Waals surface area contributed by atoms with Gasteiger partial charge in [0.1, 0.15) is 27.7 Å². The van der Waals surface area contributed by atoms with Crippen LogP contribution in [-0.2, 0) is 6.18 Å². The second-order valence-corrected chi connectivity index (χ2v) is 9.79. The second kappa shape index (κ2) is 11.6. The van der Waals surface area contributed by atoms with Crippen LogP contribution in [0.1, 0.15) is 50.0 Å². The molecule has 0 aromatic carbocycles. The van der Waals surface area contributed by atoms with Crippen LogP contribution in [0.5, 0.6) is 0 Å². The number of hydrogen-bond acceptors (Lipinski definition) is 9. The van der Waals surface area contributed by atoms with Gasteiger partial charge in [-0.15, -0.1) is 11.3 Å². The van der Waals surface area contributed by atoms with E-state index in [1.807, 2.05) is 0 Å². The molecule has 39 heavy (non-hydrogen) atoms. The fraction of sp³-hybridized carbons (Fsp3) is 0.174. The van der Waals surface area contributed by atoms with E-state index >= 15 is 0 Å². The molecule has 1 amide bonds. The van der Waals surface area contributed by atoms with E-state index < -0.39 is 40.3 Å². The summed E-state index contributed by atoms with van der Waals surface area (Å²) in [7, 11) is 0. The molecule has 0 aliphatic carbocycles. The first-order chi connectivity index (χ1) is 18.4. The van der Waals surface area contributed by atoms with E-state index in [1.54, 1.807) is 6.92 Å². The molecule has 1 atom stereocenters. The van der Waals surface area contributed by atoms with E-state index in [0.29, 0.717) is 11.1 Å². The van der Waals surface area contributed by atoms with Crippen LogP contribution in [-0.4, -0.2) is 36.6 Å². The molecular weight excluding hydrogens is 585 g/mol. The summed E-state index contributed by atoms with van der Waals surface area (Å²) >= 11 is 12.8. The van der Waals surface area contributed by atoms with Gasteiger partial charge in [0.2, 0.25) is 5.95 Å². The number of carbonyl (C=O) groups is 2. The minimum absolute atomic E-state index is 0.00175. The van der Waals surface area contributed by atoms with Crippen LogP contribution in [0.4, 0.5) is 34.9 Å². The smallest absolute Gasteiger partial charge is 0.335 e. The number of rotatable bonds is 8. The van der Waals surface area contributed by atoms with Crippen LogP contribution in [0.15, 0.2) is 43.1 Å². The van der Waals surface area contributed by atoms with E-state index in [-0.39, 0.29) is 39.3 Å². The van der Waals surface area contributed by atoms with Gasteiger partial charge < -0.3 is 10.6 Å². The van der Waals surface area contributed by atoms with Crippen LogP contribution in [0.2, 0.25) is 10.0 Å². The quantitative estimate of drug-likeness (QED) is 0.133. The maximum atomic E-state index is 13.9. The summed E-state index contributed by atoms with van der Waals surface area (Å²) in [5.41, 5.74) is -1.24. The van der Waals surface area contributed by atoms with Crippen LogP contribution in [0.25, 0.3) is 0 Å². The third-order valence-electron chi connectivity index (χ3n) is 5.13. The van der Waals surface area contributed by atoms with Gasteiger partial charge in [0.05, 0.1) is 27.5 Å². The largest absolute Gasteiger partial charge is 0.418 e. The van der Waals surface area contributed by atoms with Crippen molar-refractivity contribution < 1.29 is 27.2 Å². The van der Waals surface area contributed by atoms with Crippen molar-refractivity contribution in [3.8, 4) is 0 Å². The highest BCUT2D eigenvalue weighted by Crippen LogP contribution is 2.36. The van der Waals surface area contributed by atoms with Crippen molar-refractivity contribution in [1.29, 1.82) is 0 Å². The lowest BCUT2D eigenvalue weighted by atomic mass is 10.0. The van der Waals surface area contributed by atoms with Crippen molar-refractivity contribution >= 4 is 63.6 Å². The topological polar surface area (TPSA) is 123 Å². The Morgan fingerprint density at radius 1 is 1.10 bits per heavy atom. The van der Waals surface area contributed by atoms with Crippen molar-refractivity contribution in [3.63, 3.8) is 0 Å². The van der Waals surface area contributed by atoms with Crippen molar-refractivity contribution in [1.82, 2.24) is 24.9 Å². The van der Waals surface area contributed by atoms with E-state index in [2.05, 4.69) is 35.6 Å². The third kappa shape index (κ3) is 6.64. The van der Waals surface area contributed by atoms with E-state index in [4.69, 9.17) is 23.2 Å². The average molecular weight is 600 g/mol. The molecule has 0 bridgehead atoms. The Morgan fingerprint density at radius 3 is 2.59 bits per heavy atom. The fourth-order valence-electron chi connectivity index (χ4n) is 3.24. The maximum Gasteiger partial charge on any atom is 0.418 e. The molecule has 4 aromatic rings. The first-order valence-electron chi connectivity index (χ1n) is 10.8. The van der Waals surface area contributed by atoms with Gasteiger partial charge in [-0.2, -0.15) is 17.6 Å². The number of thiazole rings is 1. The molecule has 0 aliphatic rings. The zero-order valence-corrected chi connectivity index (χ0v) is 21.9. The molecule has 9 nitrogen and oxygen atoms in total. The predicted octanol–water partition coefficient (Wildman–Crippen LogP) is 6.56. The summed E-state index contributed by atoms with van der Waals surface area (Å²) in [6.45, 7) is 1.69. The molecule has 202 valence electrons. The maximum absolute atomic E-state index is 13.9. The Morgan fingerprint density at radius 2 is 1.87 bits per heavy atom. The molecule has 0 saturated heterocycles. The Labute approximate surface area is 231 Å². The number of carbonyl (C=O) groups excluding carboxylic acids is 2. The number of anilines is 3. The number of pyridine rings is 2. The van der Waals surface area contributed by atoms with E-state index in [0.717, 1.165) is 23.9 Å². The highest BCUT2D eigenvalue weighted by molar-refractivity contribution is 7.13. The molecule has 0 spiro atoms. The summed E-state index contributed by atoms with van der Waals surface area (Å²) in [5, 5.41) is 4.64. The summed E-state index contributed by atoms with van der Waals surface area (Å²) in [4.78, 5) is 44.9. The Kier molecular flexibility index (Phi) is 8.37. The molecule has 0 radical (unpaired) electrons. The van der Waals surface area contributed by atoms with Crippen LogP contribution >= 0.6 is 34.5 Å². The van der Waals surface area contributed by atoms with Crippen molar-refractivity contribution in [2.75, 3.05) is 10.6 Å². The zero-order valence-electron chi connectivity index (χ0n) is 19.6. The van der Waals surface area contributed by atoms with Gasteiger partial charge in [0.15, 0.2) is 11.6 Å². The molecule has 0 saturated carbocycles.